The molecule has 5 rings (SSSR count). The van der Waals surface area contributed by atoms with E-state index in [4.69, 9.17) is 114 Å². The molecule has 0 bridgehead atoms. The molecule has 0 atom stereocenters. The first-order valence-electron chi connectivity index (χ1n) is 50.7. The number of ether oxygens (including phenoxy) is 24. The summed E-state index contributed by atoms with van der Waals surface area (Å²) in [5.41, 5.74) is 6.45. The number of hydrogen-bond acceptors (Lipinski definition) is 32. The number of rotatable bonds is 97. The summed E-state index contributed by atoms with van der Waals surface area (Å²) in [4.78, 5) is 54.1. The zero-order chi connectivity index (χ0) is 101. The minimum Gasteiger partial charge on any atom is -0.744 e. The van der Waals surface area contributed by atoms with Gasteiger partial charge in [-0.25, -0.2) is 8.42 Å². The van der Waals surface area contributed by atoms with Crippen LogP contribution in [0.1, 0.15) is 136 Å². The first kappa shape index (κ1) is 126. The van der Waals surface area contributed by atoms with E-state index in [1.807, 2.05) is 26.0 Å². The minimum atomic E-state index is -4.69. The molecule has 3 heterocycles. The lowest BCUT2D eigenvalue weighted by molar-refractivity contribution is -0.894. The van der Waals surface area contributed by atoms with Gasteiger partial charge in [0.1, 0.15) is 16.7 Å². The van der Waals surface area contributed by atoms with Crippen LogP contribution in [0.4, 0.5) is 11.4 Å². The summed E-state index contributed by atoms with van der Waals surface area (Å²) in [6.07, 6.45) is 20.8. The molecule has 0 fully saturated rings. The highest BCUT2D eigenvalue weighted by Crippen LogP contribution is 2.48. The Labute approximate surface area is 835 Å². The molecule has 0 aliphatic carbocycles. The standard InChI is InChI=1S/C96H159N5O31S.C6H15N/c1-83-23-25-87-85(81-83)95(2,3)89(99(87)31-16-8-13-21-91(102)97-29-15-10-18-33-101-93(104)27-28-94(101)105)19-11-7-12-20-90-96(4,5)86-82-84(133(106,107)108)24-26-88(86)100(90)32-17-9-14-22-92(103)98-30-34-110-37-38-112-41-42-114-45-46-116-49-50-118-53-54-120-57-58-122-61-62-124-65-66-126-69-70-128-73-74-130-77-78-132-80-79-131-76-75-129-72-71-127-68-67-125-64-63-123-60-59-121-56-55-119-52-51-117-48-47-115-44-43-113-40-39-111-36-35-109-6;1-4-7(5-2)6-3/h7,11-12,19-20,23-28,81-82H,8-10,13-18,21-22,29-80H2,1-6H3,(H2-,97,98,102,103,106,107,108);4-6H2,1-3H3/p+1. The molecular weight excluding hydrogens is 1840 g/mol. The number of aryl methyl sites for hydroxylation is 1. The third kappa shape index (κ3) is 61.3. The van der Waals surface area contributed by atoms with E-state index in [0.29, 0.717) is 362 Å². The second kappa shape index (κ2) is 85.0. The molecule has 140 heavy (non-hydrogen) atoms. The van der Waals surface area contributed by atoms with Gasteiger partial charge in [-0.15, -0.1) is 0 Å². The lowest BCUT2D eigenvalue weighted by atomic mass is 9.81. The number of nitrogens with one attached hydrogen (secondary N) is 3. The van der Waals surface area contributed by atoms with Gasteiger partial charge >= 0.3 is 0 Å². The van der Waals surface area contributed by atoms with Gasteiger partial charge in [0, 0.05) is 99.2 Å². The number of carbonyl (C=O) groups excluding carboxylic acids is 4. The molecule has 0 saturated carbocycles. The highest BCUT2D eigenvalue weighted by molar-refractivity contribution is 7.85. The SMILES string of the molecule is CC[NH+](CC)CC.COCCOCCOCCOCCOCCOCCOCCOCCOCCOCCOCCOCCOCCOCCOCCOCCOCCOCCOCCOCCOCCOCCOCCOCCNC(=O)CCCCC[N+]1=C(C=CC=CC=C2N(CCCCCC(=O)NCCCCCN3C(=O)C=CC3=O)c3ccc(C)cc3C2(C)C)C(C)(C)c2cc(S(=O)(=O)[O-])ccc21. The average Bonchev–Trinajstić information content (AvgIpc) is 1.59. The van der Waals surface area contributed by atoms with E-state index >= 15 is 0 Å². The van der Waals surface area contributed by atoms with E-state index < -0.39 is 15.5 Å². The molecule has 37 nitrogen and oxygen atoms in total. The van der Waals surface area contributed by atoms with Gasteiger partial charge in [-0.05, 0) is 116 Å². The van der Waals surface area contributed by atoms with Crippen LogP contribution < -0.4 is 20.4 Å². The maximum Gasteiger partial charge on any atom is 0.253 e. The number of anilines is 1. The Bertz CT molecular complexity index is 3720. The maximum atomic E-state index is 12.8. The van der Waals surface area contributed by atoms with Crippen molar-refractivity contribution < 1.29 is 155 Å². The number of carbonyl (C=O) groups is 4. The summed E-state index contributed by atoms with van der Waals surface area (Å²) in [6.45, 7) is 46.0. The third-order valence-corrected chi connectivity index (χ3v) is 23.3. The summed E-state index contributed by atoms with van der Waals surface area (Å²) in [5.74, 6) is -0.566. The van der Waals surface area contributed by atoms with Crippen LogP contribution >= 0.6 is 0 Å². The number of benzene rings is 2. The normalized spacial score (nSPS) is 14.3. The van der Waals surface area contributed by atoms with Crippen molar-refractivity contribution in [1.29, 1.82) is 0 Å². The maximum absolute atomic E-state index is 12.8. The van der Waals surface area contributed by atoms with Crippen LogP contribution in [0.25, 0.3) is 0 Å². The van der Waals surface area contributed by atoms with Crippen molar-refractivity contribution in [2.24, 2.45) is 0 Å². The molecule has 3 aliphatic rings. The number of amides is 4. The summed E-state index contributed by atoms with van der Waals surface area (Å²) >= 11 is 0. The zero-order valence-electron chi connectivity index (χ0n) is 86.1. The average molecular weight is 2010 g/mol. The lowest BCUT2D eigenvalue weighted by Gasteiger charge is -2.27. The van der Waals surface area contributed by atoms with Crippen LogP contribution in [0.2, 0.25) is 0 Å². The molecule has 0 unspecified atom stereocenters. The zero-order valence-corrected chi connectivity index (χ0v) is 86.9. The van der Waals surface area contributed by atoms with Crippen LogP contribution in [0.5, 0.6) is 0 Å². The van der Waals surface area contributed by atoms with E-state index in [0.717, 1.165) is 68.5 Å². The summed E-state index contributed by atoms with van der Waals surface area (Å²) in [5, 5.41) is 5.95. The predicted octanol–water partition coefficient (Wildman–Crippen LogP) is 7.48. The van der Waals surface area contributed by atoms with Crippen molar-refractivity contribution in [3.8, 4) is 0 Å². The first-order chi connectivity index (χ1) is 68.3. The van der Waals surface area contributed by atoms with Gasteiger partial charge in [0.25, 0.3) is 11.8 Å². The number of imide groups is 1. The number of methoxy groups -OCH3 is 1. The highest BCUT2D eigenvalue weighted by Gasteiger charge is 2.45. The minimum absolute atomic E-state index is 0.0267. The Morgan fingerprint density at radius 2 is 0.707 bits per heavy atom. The van der Waals surface area contributed by atoms with Gasteiger partial charge in [0.05, 0.1) is 340 Å². The third-order valence-electron chi connectivity index (χ3n) is 22.5. The van der Waals surface area contributed by atoms with Crippen LogP contribution in [0, 0.1) is 6.92 Å². The number of quaternary nitrogens is 1. The largest absolute Gasteiger partial charge is 0.744 e. The van der Waals surface area contributed by atoms with Crippen LogP contribution in [-0.4, -0.2) is 422 Å². The van der Waals surface area contributed by atoms with Crippen LogP contribution in [0.15, 0.2) is 89.5 Å². The number of hydrogen-bond donors (Lipinski definition) is 3. The van der Waals surface area contributed by atoms with Gasteiger partial charge in [0.2, 0.25) is 17.5 Å². The summed E-state index contributed by atoms with van der Waals surface area (Å²) in [7, 11) is -3.05. The Kier molecular flexibility index (Phi) is 76.6. The van der Waals surface area contributed by atoms with Crippen molar-refractivity contribution in [1.82, 2.24) is 15.5 Å². The smallest absolute Gasteiger partial charge is 0.253 e. The van der Waals surface area contributed by atoms with Gasteiger partial charge in [-0.1, -0.05) is 56.2 Å². The van der Waals surface area contributed by atoms with Crippen LogP contribution in [-0.2, 0) is 154 Å². The van der Waals surface area contributed by atoms with Gasteiger partial charge in [-0.3, -0.25) is 24.1 Å². The van der Waals surface area contributed by atoms with E-state index in [2.05, 4.69) is 98.1 Å². The number of nitrogens with zero attached hydrogens (tertiary/aromatic N) is 3. The Balaban J connectivity index is 0.00000561. The molecule has 3 aliphatic heterocycles. The van der Waals surface area contributed by atoms with Gasteiger partial charge < -0.3 is 139 Å². The molecule has 804 valence electrons. The molecular formula is C102H175N6O31S+. The van der Waals surface area contributed by atoms with E-state index in [1.165, 1.54) is 71.3 Å². The monoisotopic (exact) mass is 2010 g/mol. The number of fused-ring (bicyclic) bond motifs is 2. The van der Waals surface area contributed by atoms with Crippen molar-refractivity contribution in [3.05, 3.63) is 101 Å². The molecule has 38 heteroatoms. The quantitative estimate of drug-likeness (QED) is 0.0190. The van der Waals surface area contributed by atoms with Gasteiger partial charge in [-0.2, -0.15) is 4.58 Å². The molecule has 0 radical (unpaired) electrons. The van der Waals surface area contributed by atoms with E-state index in [1.54, 1.807) is 18.1 Å². The number of unbranched alkanes of at least 4 members (excludes halogenated alkanes) is 6. The lowest BCUT2D eigenvalue weighted by Crippen LogP contribution is -3.11. The molecule has 2 aromatic rings. The van der Waals surface area contributed by atoms with Crippen molar-refractivity contribution in [2.75, 3.05) is 375 Å². The summed E-state index contributed by atoms with van der Waals surface area (Å²) in [6, 6.07) is 11.2. The second-order valence-electron chi connectivity index (χ2n) is 33.8. The fourth-order valence-electron chi connectivity index (χ4n) is 14.6. The van der Waals surface area contributed by atoms with E-state index in [9.17, 15) is 32.1 Å². The first-order valence-corrected chi connectivity index (χ1v) is 52.1. The fourth-order valence-corrected chi connectivity index (χ4v) is 15.1. The van der Waals surface area contributed by atoms with Crippen molar-refractivity contribution in [3.63, 3.8) is 0 Å². The van der Waals surface area contributed by atoms with Gasteiger partial charge in [0.15, 0.2) is 5.71 Å². The highest BCUT2D eigenvalue weighted by atomic mass is 32.2. The molecule has 0 saturated heterocycles. The molecule has 0 spiro atoms. The Morgan fingerprint density at radius 3 is 1.05 bits per heavy atom. The van der Waals surface area contributed by atoms with Crippen LogP contribution in [0.3, 0.4) is 0 Å². The molecule has 4 amide bonds. The Morgan fingerprint density at radius 1 is 0.379 bits per heavy atom. The fraction of sp³-hybridized carbons (Fsp3) is 0.755. The molecule has 0 aromatic heterocycles. The molecule has 2 aromatic carbocycles. The molecule has 3 N–H and O–H groups in total. The van der Waals surface area contributed by atoms with Crippen molar-refractivity contribution >= 4 is 50.8 Å². The predicted molar refractivity (Wildman–Crippen MR) is 531 cm³/mol. The topological polar surface area (TPSA) is 385 Å². The van der Waals surface area contributed by atoms with E-state index in [-0.39, 0.29) is 33.9 Å². The Hall–Kier alpha value is -6.14. The summed E-state index contributed by atoms with van der Waals surface area (Å²) < 4.78 is 171. The number of allylic oxidation sites excluding steroid dienone is 6. The second-order valence-corrected chi connectivity index (χ2v) is 35.2. The van der Waals surface area contributed by atoms with Crippen molar-refractivity contribution in [2.45, 2.75) is 142 Å².